The fourth-order valence-electron chi connectivity index (χ4n) is 2.54. The van der Waals surface area contributed by atoms with Crippen LogP contribution in [0.5, 0.6) is 0 Å². The van der Waals surface area contributed by atoms with Gasteiger partial charge in [0.25, 0.3) is 52.0 Å². The van der Waals surface area contributed by atoms with Crippen molar-refractivity contribution < 1.29 is 466 Å². The Kier molecular flexibility index (Phi) is 68.9. The number of hydrogen-bond donors (Lipinski definition) is 0. The second-order valence-corrected chi connectivity index (χ2v) is 16.8. The van der Waals surface area contributed by atoms with Crippen LogP contribution in [0.1, 0.15) is 0 Å². The van der Waals surface area contributed by atoms with Crippen LogP contribution in [0.15, 0.2) is 107 Å². The van der Waals surface area contributed by atoms with Gasteiger partial charge in [0.15, 0.2) is 0 Å². The van der Waals surface area contributed by atoms with Crippen LogP contribution < -0.4 is 135 Å². The van der Waals surface area contributed by atoms with Crippen LogP contribution in [-0.2, 0) is 94.4 Å². The van der Waals surface area contributed by atoms with Gasteiger partial charge >= 0.3 is 251 Å². The summed E-state index contributed by atoms with van der Waals surface area (Å²) < 4.78 is 610. The number of carbonyl (C=O) groups excluding carboxylic acids is 9. The van der Waals surface area contributed by atoms with Gasteiger partial charge in [0.05, 0.1) is 0 Å². The Hall–Kier alpha value is -6.33. The number of ketones is 9. The predicted octanol–water partition coefficient (Wildman–Crippen LogP) is -0.677. The molecule has 3 radical (unpaired) electrons. The average Bonchev–Trinajstić information content (AvgIpc) is 0.915. The van der Waals surface area contributed by atoms with E-state index >= 15 is 0 Å². The van der Waals surface area contributed by atoms with E-state index in [1.165, 1.54) is 0 Å². The third-order valence-electron chi connectivity index (χ3n) is 7.39. The zero-order chi connectivity index (χ0) is 97.8. The van der Waals surface area contributed by atoms with E-state index in [1.54, 1.807) is 0 Å². The maximum Gasteiger partial charge on any atom is 2.00 e. The van der Waals surface area contributed by atoms with Crippen molar-refractivity contribution in [1.82, 2.24) is 0 Å². The van der Waals surface area contributed by atoms with E-state index in [9.17, 15) is 326 Å². The third-order valence-corrected chi connectivity index (χ3v) is 7.39. The Labute approximate surface area is 731 Å². The molecule has 0 aromatic carbocycles. The van der Waals surface area contributed by atoms with Gasteiger partial charge in [-0.25, -0.2) is 0 Å². The summed E-state index contributed by atoms with van der Waals surface area (Å²) in [5.41, 5.74) is 0. The molecule has 0 amide bonds. The zero-order valence-electron chi connectivity index (χ0n) is 55.1. The topological polar surface area (TPSA) is 361 Å². The van der Waals surface area contributed by atoms with Crippen molar-refractivity contribution in [2.75, 3.05) is 0 Å². The van der Waals surface area contributed by atoms with Gasteiger partial charge in [-0.2, -0.15) is 237 Å². The predicted molar refractivity (Wildman–Crippen MR) is 227 cm³/mol. The van der Waals surface area contributed by atoms with Gasteiger partial charge in [0.1, 0.15) is 0 Å². The Morgan fingerprint density at radius 3 is 0.187 bits per heavy atom. The maximum atomic E-state index is 11.3. The molecule has 0 fully saturated rings. The van der Waals surface area contributed by atoms with Crippen LogP contribution >= 0.6 is 0 Å². The smallest absolute Gasteiger partial charge is 0.869 e. The second-order valence-electron chi connectivity index (χ2n) is 16.8. The molecular formula is C45H9F54Mn3Na3O18. The Balaban J connectivity index is -0.0000000816. The number of alkyl halides is 54. The molecule has 699 valence electrons. The monoisotopic (exact) mass is 2100 g/mol. The van der Waals surface area contributed by atoms with Crippen LogP contribution in [0.25, 0.3) is 0 Å². The molecule has 0 aromatic heterocycles. The van der Waals surface area contributed by atoms with Crippen LogP contribution in [0, 0.1) is 0 Å². The molecule has 18 nitrogen and oxygen atoms in total. The normalized spacial score (nSPS) is 13.8. The summed E-state index contributed by atoms with van der Waals surface area (Å²) in [5.74, 6) is -50.8. The Morgan fingerprint density at radius 2 is 0.163 bits per heavy atom. The van der Waals surface area contributed by atoms with Crippen molar-refractivity contribution in [3.05, 3.63) is 107 Å². The van der Waals surface area contributed by atoms with Crippen molar-refractivity contribution in [3.8, 4) is 0 Å². The molecule has 0 N–H and O–H groups in total. The molecule has 0 unspecified atom stereocenters. The molecule has 0 aliphatic rings. The van der Waals surface area contributed by atoms with Gasteiger partial charge in [-0.05, 0) is 107 Å². The third kappa shape index (κ3) is 78.9. The zero-order valence-corrected chi connectivity index (χ0v) is 64.6. The molecule has 0 spiro atoms. The molecule has 0 aromatic rings. The van der Waals surface area contributed by atoms with E-state index in [1.807, 2.05) is 0 Å². The standard InChI is InChI=1S/9C5H2F6O2.3Mn.3Na/c9*6-4(7,8)2(12)1-3(13)5(9,10)11;;;;;;/h9*1,12H;;;;;;/q;;;;;;;;;3*+2;3*+1/p-9/b9*2-1-;;;;;;. The van der Waals surface area contributed by atoms with E-state index in [0.717, 1.165) is 0 Å². The van der Waals surface area contributed by atoms with Crippen LogP contribution in [0.4, 0.5) is 237 Å². The van der Waals surface area contributed by atoms with Crippen molar-refractivity contribution in [2.24, 2.45) is 0 Å². The van der Waals surface area contributed by atoms with Gasteiger partial charge in [-0.3, -0.25) is 43.2 Å². The molecule has 0 rings (SSSR count). The van der Waals surface area contributed by atoms with Gasteiger partial charge < -0.3 is 46.0 Å². The number of halogens is 54. The van der Waals surface area contributed by atoms with E-state index < -0.39 is 270 Å². The first-order chi connectivity index (χ1) is 49.9. The number of rotatable bonds is 9. The van der Waals surface area contributed by atoms with Gasteiger partial charge in [0.2, 0.25) is 0 Å². The molecule has 0 atom stereocenters. The molecule has 0 saturated carbocycles. The van der Waals surface area contributed by atoms with E-state index in [4.69, 9.17) is 0 Å². The molecule has 0 saturated heterocycles. The average molecular weight is 2100 g/mol. The first-order valence-electron chi connectivity index (χ1n) is 23.6. The van der Waals surface area contributed by atoms with E-state index in [-0.39, 0.29) is 140 Å². The Morgan fingerprint density at radius 1 is 0.122 bits per heavy atom. The van der Waals surface area contributed by atoms with Crippen molar-refractivity contribution in [2.45, 2.75) is 111 Å². The van der Waals surface area contributed by atoms with Crippen LogP contribution in [0.3, 0.4) is 0 Å². The van der Waals surface area contributed by atoms with Gasteiger partial charge in [-0.15, -0.1) is 0 Å². The van der Waals surface area contributed by atoms with Crippen LogP contribution in [0.2, 0.25) is 0 Å². The summed E-state index contributed by atoms with van der Waals surface area (Å²) in [7, 11) is 0. The van der Waals surface area contributed by atoms with Crippen molar-refractivity contribution >= 4 is 52.0 Å². The minimum absolute atomic E-state index is 0. The minimum Gasteiger partial charge on any atom is -0.869 e. The summed E-state index contributed by atoms with van der Waals surface area (Å²) in [4.78, 5) is 88.4. The summed E-state index contributed by atoms with van der Waals surface area (Å²) >= 11 is 0. The molecule has 0 heterocycles. The van der Waals surface area contributed by atoms with E-state index in [2.05, 4.69) is 0 Å². The molecule has 0 bridgehead atoms. The largest absolute Gasteiger partial charge is 2.00 e. The molecular weight excluding hydrogens is 2090 g/mol. The fourth-order valence-corrected chi connectivity index (χ4v) is 2.54. The first kappa shape index (κ1) is 151. The second kappa shape index (κ2) is 56.1. The molecule has 0 aliphatic heterocycles. The van der Waals surface area contributed by atoms with E-state index in [0.29, 0.717) is 0 Å². The van der Waals surface area contributed by atoms with Crippen molar-refractivity contribution in [1.29, 1.82) is 0 Å². The number of carbonyl (C=O) groups is 9. The van der Waals surface area contributed by atoms with Crippen LogP contribution in [-0.4, -0.2) is 163 Å². The number of hydrogen-bond acceptors (Lipinski definition) is 18. The Bertz CT molecular complexity index is 2890. The minimum atomic E-state index is -5.46. The molecule has 0 aliphatic carbocycles. The molecule has 123 heavy (non-hydrogen) atoms. The van der Waals surface area contributed by atoms with Gasteiger partial charge in [-0.1, -0.05) is 0 Å². The summed E-state index contributed by atoms with van der Waals surface area (Å²) in [6.45, 7) is 0. The van der Waals surface area contributed by atoms with Crippen molar-refractivity contribution in [3.63, 3.8) is 0 Å². The maximum absolute atomic E-state index is 11.3. The fraction of sp³-hybridized carbons (Fsp3) is 0.400. The molecule has 78 heteroatoms. The SMILES string of the molecule is O=C(/C=C(\[O-])C(F)(F)F)C(F)(F)F.O=C(/C=C(\[O-])C(F)(F)F)C(F)(F)F.O=C(/C=C(\[O-])C(F)(F)F)C(F)(F)F.O=C(/C=C(\[O-])C(F)(F)F)C(F)(F)F.O=C(/C=C(\[O-])C(F)(F)F)C(F)(F)F.O=C(/C=C(\[O-])C(F)(F)F)C(F)(F)F.O=C(/C=C(\[O-])C(F)(F)F)C(F)(F)F.O=C(/C=C(\[O-])C(F)(F)F)C(F)(F)F.O=C(/C=C(\[O-])C(F)(F)F)C(F)(F)F.[Mn+2].[Mn+2].[Mn+2].[Na+].[Na+].[Na+]. The summed E-state index contributed by atoms with van der Waals surface area (Å²) in [6, 6.07) is 0. The summed E-state index contributed by atoms with van der Waals surface area (Å²) in [6.07, 6.45) is -107. The first-order valence-corrected chi connectivity index (χ1v) is 23.6. The van der Waals surface area contributed by atoms with Gasteiger partial charge in [0, 0.05) is 0 Å². The quantitative estimate of drug-likeness (QED) is 0.119. The summed E-state index contributed by atoms with van der Waals surface area (Å²) in [5, 5.41) is 88.4. The number of allylic oxidation sites excluding steroid dienone is 18.